The summed E-state index contributed by atoms with van der Waals surface area (Å²) < 4.78 is 0. The highest BCUT2D eigenvalue weighted by Gasteiger charge is 2.29. The van der Waals surface area contributed by atoms with Crippen molar-refractivity contribution in [3.63, 3.8) is 0 Å². The predicted octanol–water partition coefficient (Wildman–Crippen LogP) is 2.67. The molecule has 0 bridgehead atoms. The van der Waals surface area contributed by atoms with Gasteiger partial charge < -0.3 is 15.2 Å². The molecule has 2 aromatic carbocycles. The maximum atomic E-state index is 13.0. The van der Waals surface area contributed by atoms with E-state index in [2.05, 4.69) is 17.1 Å². The number of para-hydroxylation sites is 1. The summed E-state index contributed by atoms with van der Waals surface area (Å²) in [5, 5.41) is 11.7. The molecule has 1 aliphatic rings. The van der Waals surface area contributed by atoms with Gasteiger partial charge in [0.25, 0.3) is 0 Å². The Hall–Kier alpha value is -3.04. The Kier molecular flexibility index (Phi) is 5.86. The van der Waals surface area contributed by atoms with Crippen molar-refractivity contribution < 1.29 is 14.7 Å². The van der Waals surface area contributed by atoms with E-state index in [0.717, 1.165) is 16.7 Å². The van der Waals surface area contributed by atoms with Crippen molar-refractivity contribution in [3.05, 3.63) is 65.2 Å². The molecule has 28 heavy (non-hydrogen) atoms. The lowest BCUT2D eigenvalue weighted by molar-refractivity contribution is -0.128. The number of aliphatic hydroxyl groups excluding tert-OH is 1. The van der Waals surface area contributed by atoms with Crippen LogP contribution in [0.1, 0.15) is 37.0 Å². The van der Waals surface area contributed by atoms with Crippen molar-refractivity contribution in [1.82, 2.24) is 5.23 Å². The molecule has 0 saturated heterocycles. The number of fused-ring (bicyclic) bond motifs is 2. The van der Waals surface area contributed by atoms with Crippen molar-refractivity contribution in [2.24, 2.45) is 5.41 Å². The largest absolute Gasteiger partial charge is 0.396 e. The SMILES string of the molecule is CC(C)(CCO)C(=O)N[B]C(=O)N1Cc2ccccc2C#Cc2ccccc21. The number of nitrogens with zero attached hydrogens (tertiary/aromatic N) is 1. The molecule has 5 nitrogen and oxygen atoms in total. The zero-order valence-electron chi connectivity index (χ0n) is 16.0. The topological polar surface area (TPSA) is 69.6 Å². The van der Waals surface area contributed by atoms with Crippen LogP contribution >= 0.6 is 0 Å². The van der Waals surface area contributed by atoms with E-state index >= 15 is 0 Å². The Bertz CT molecular complexity index is 959. The van der Waals surface area contributed by atoms with Crippen LogP contribution in [0.5, 0.6) is 0 Å². The summed E-state index contributed by atoms with van der Waals surface area (Å²) in [5.74, 6) is 5.67. The molecule has 0 unspecified atom stereocenters. The molecule has 141 valence electrons. The number of carbonyl (C=O) groups is 2. The number of nitrogens with one attached hydrogen (secondary N) is 1. The van der Waals surface area contributed by atoms with Crippen molar-refractivity contribution in [2.75, 3.05) is 11.5 Å². The zero-order valence-corrected chi connectivity index (χ0v) is 16.0. The lowest BCUT2D eigenvalue weighted by atomic mass is 9.83. The van der Waals surface area contributed by atoms with Gasteiger partial charge in [0.05, 0.1) is 12.2 Å². The van der Waals surface area contributed by atoms with Gasteiger partial charge in [0.2, 0.25) is 11.7 Å². The standard InChI is InChI=1S/C22H22BN2O3/c1-22(2,13-14-26)20(27)24-23-21(28)25-15-18-9-4-3-7-16(18)11-12-17-8-5-6-10-19(17)25/h3-10,26H,13-15H2,1-2H3,(H,24,27). The van der Waals surface area contributed by atoms with Crippen molar-refractivity contribution >= 4 is 24.8 Å². The Morgan fingerprint density at radius 2 is 1.75 bits per heavy atom. The Morgan fingerprint density at radius 1 is 1.11 bits per heavy atom. The predicted molar refractivity (Wildman–Crippen MR) is 110 cm³/mol. The average molecular weight is 373 g/mol. The molecular formula is C22H22BN2O3. The minimum absolute atomic E-state index is 0.0939. The molecule has 0 atom stereocenters. The van der Waals surface area contributed by atoms with Crippen LogP contribution in [0.2, 0.25) is 0 Å². The van der Waals surface area contributed by atoms with Crippen LogP contribution in [0, 0.1) is 17.3 Å². The molecule has 0 saturated carbocycles. The summed E-state index contributed by atoms with van der Waals surface area (Å²) >= 11 is 0. The van der Waals surface area contributed by atoms with Gasteiger partial charge >= 0.3 is 7.41 Å². The van der Waals surface area contributed by atoms with Gasteiger partial charge in [-0.05, 0) is 30.2 Å². The number of amides is 2. The second kappa shape index (κ2) is 8.32. The highest BCUT2D eigenvalue weighted by atomic mass is 16.3. The fourth-order valence-electron chi connectivity index (χ4n) is 2.98. The summed E-state index contributed by atoms with van der Waals surface area (Å²) in [6.07, 6.45) is 0.316. The summed E-state index contributed by atoms with van der Waals surface area (Å²) in [4.78, 5) is 27.0. The molecule has 0 aliphatic carbocycles. The van der Waals surface area contributed by atoms with E-state index in [-0.39, 0.29) is 18.3 Å². The summed E-state index contributed by atoms with van der Waals surface area (Å²) in [7, 11) is 1.19. The monoisotopic (exact) mass is 373 g/mol. The number of benzene rings is 2. The third-order valence-electron chi connectivity index (χ3n) is 4.82. The van der Waals surface area contributed by atoms with E-state index in [9.17, 15) is 9.59 Å². The average Bonchev–Trinajstić information content (AvgIpc) is 2.67. The third-order valence-corrected chi connectivity index (χ3v) is 4.82. The maximum absolute atomic E-state index is 13.0. The zero-order chi connectivity index (χ0) is 20.1. The van der Waals surface area contributed by atoms with E-state index in [4.69, 9.17) is 5.11 Å². The molecule has 2 aromatic rings. The Labute approximate surface area is 166 Å². The van der Waals surface area contributed by atoms with Crippen LogP contribution in [0.25, 0.3) is 0 Å². The van der Waals surface area contributed by atoms with Crippen molar-refractivity contribution in [1.29, 1.82) is 0 Å². The van der Waals surface area contributed by atoms with E-state index in [1.165, 1.54) is 7.41 Å². The summed E-state index contributed by atoms with van der Waals surface area (Å²) in [5.41, 5.74) is 2.51. The molecule has 1 aliphatic heterocycles. The first kappa shape index (κ1) is 19.7. The summed E-state index contributed by atoms with van der Waals surface area (Å²) in [6, 6.07) is 15.2. The minimum atomic E-state index is -0.766. The first-order valence-corrected chi connectivity index (χ1v) is 9.18. The lowest BCUT2D eigenvalue weighted by Gasteiger charge is -2.27. The highest BCUT2D eigenvalue weighted by Crippen LogP contribution is 2.25. The van der Waals surface area contributed by atoms with E-state index < -0.39 is 5.41 Å². The minimum Gasteiger partial charge on any atom is -0.396 e. The van der Waals surface area contributed by atoms with E-state index in [1.807, 2.05) is 48.5 Å². The first-order chi connectivity index (χ1) is 13.4. The van der Waals surface area contributed by atoms with Gasteiger partial charge in [-0.1, -0.05) is 56.0 Å². The molecule has 6 heteroatoms. The molecule has 0 spiro atoms. The van der Waals surface area contributed by atoms with Crippen molar-refractivity contribution in [2.45, 2.75) is 26.8 Å². The molecule has 1 radical (unpaired) electrons. The van der Waals surface area contributed by atoms with Crippen LogP contribution in [0.15, 0.2) is 48.5 Å². The van der Waals surface area contributed by atoms with Crippen LogP contribution in [0.3, 0.4) is 0 Å². The van der Waals surface area contributed by atoms with Gasteiger partial charge in [0, 0.05) is 23.1 Å². The normalized spacial score (nSPS) is 12.5. The second-order valence-electron chi connectivity index (χ2n) is 7.32. The quantitative estimate of drug-likeness (QED) is 0.626. The maximum Gasteiger partial charge on any atom is 0.364 e. The molecule has 3 rings (SSSR count). The van der Waals surface area contributed by atoms with Gasteiger partial charge in [-0.25, -0.2) is 0 Å². The summed E-state index contributed by atoms with van der Waals surface area (Å²) in [6.45, 7) is 3.72. The van der Waals surface area contributed by atoms with Gasteiger partial charge in [-0.3, -0.25) is 9.59 Å². The van der Waals surface area contributed by atoms with Crippen LogP contribution in [-0.4, -0.2) is 30.8 Å². The third kappa shape index (κ3) is 4.27. The molecule has 0 aromatic heterocycles. The molecule has 0 fully saturated rings. The second-order valence-corrected chi connectivity index (χ2v) is 7.32. The van der Waals surface area contributed by atoms with Gasteiger partial charge in [-0.2, -0.15) is 0 Å². The van der Waals surface area contributed by atoms with Gasteiger partial charge in [-0.15, -0.1) is 0 Å². The Balaban J connectivity index is 1.86. The molecule has 1 heterocycles. The van der Waals surface area contributed by atoms with Crippen LogP contribution < -0.4 is 10.1 Å². The number of hydrogen-bond donors (Lipinski definition) is 2. The van der Waals surface area contributed by atoms with Crippen LogP contribution in [-0.2, 0) is 11.3 Å². The number of carbonyl (C=O) groups excluding carboxylic acids is 2. The number of rotatable bonds is 5. The van der Waals surface area contributed by atoms with Gasteiger partial charge in [0.1, 0.15) is 0 Å². The Morgan fingerprint density at radius 3 is 2.50 bits per heavy atom. The lowest BCUT2D eigenvalue weighted by Crippen LogP contribution is -2.46. The molecule has 2 N–H and O–H groups in total. The van der Waals surface area contributed by atoms with E-state index in [1.54, 1.807) is 18.7 Å². The molecule has 2 amide bonds. The van der Waals surface area contributed by atoms with Gasteiger partial charge in [0.15, 0.2) is 0 Å². The van der Waals surface area contributed by atoms with Crippen molar-refractivity contribution in [3.8, 4) is 11.8 Å². The highest BCUT2D eigenvalue weighted by molar-refractivity contribution is 6.75. The first-order valence-electron chi connectivity index (χ1n) is 9.18. The van der Waals surface area contributed by atoms with E-state index in [0.29, 0.717) is 18.7 Å². The fourth-order valence-corrected chi connectivity index (χ4v) is 2.98. The molecular weight excluding hydrogens is 351 g/mol. The fraction of sp³-hybridized carbons (Fsp3) is 0.273. The smallest absolute Gasteiger partial charge is 0.364 e. The number of anilines is 1. The number of hydrogen-bond acceptors (Lipinski definition) is 3. The van der Waals surface area contributed by atoms with Crippen LogP contribution in [0.4, 0.5) is 10.5 Å². The number of aliphatic hydroxyl groups is 1.